The quantitative estimate of drug-likeness (QED) is 0.144. The van der Waals surface area contributed by atoms with E-state index in [1.165, 1.54) is 23.1 Å². The van der Waals surface area contributed by atoms with Crippen LogP contribution in [0.3, 0.4) is 0 Å². The highest BCUT2D eigenvalue weighted by atomic mass is 32.2. The number of carbonyl (C=O) groups is 2. The Kier molecular flexibility index (Phi) is 11.1. The number of nitrogens with zero attached hydrogens (tertiary/aromatic N) is 3. The van der Waals surface area contributed by atoms with Gasteiger partial charge in [-0.25, -0.2) is 27.5 Å². The molecule has 2 aromatic heterocycles. The van der Waals surface area contributed by atoms with E-state index in [0.29, 0.717) is 35.2 Å². The Balaban J connectivity index is 0.00000226. The number of hydrogen-bond donors (Lipinski definition) is 3. The second kappa shape index (κ2) is 14.3. The summed E-state index contributed by atoms with van der Waals surface area (Å²) in [5, 5.41) is 14.0. The highest BCUT2D eigenvalue weighted by Crippen LogP contribution is 2.31. The molecule has 9 nitrogen and oxygen atoms in total. The lowest BCUT2D eigenvalue weighted by molar-refractivity contribution is -0.00232. The van der Waals surface area contributed by atoms with Crippen LogP contribution in [0, 0.1) is 11.6 Å². The van der Waals surface area contributed by atoms with Gasteiger partial charge in [0.05, 0.1) is 16.5 Å². The van der Waals surface area contributed by atoms with Gasteiger partial charge in [0.1, 0.15) is 28.2 Å². The fourth-order valence-electron chi connectivity index (χ4n) is 4.16. The van der Waals surface area contributed by atoms with E-state index in [2.05, 4.69) is 27.4 Å². The third kappa shape index (κ3) is 6.97. The van der Waals surface area contributed by atoms with Gasteiger partial charge >= 0.3 is 5.97 Å². The SMILES string of the molecule is CCCC(OCC)n1nc(C(=O)c2ccc(F)c(NS(C)=O)c2F)c2cc(-c3ccc(C(=O)O)cc3)cnc21.CS. The number of ether oxygens (including phenoxy) is 1. The fourth-order valence-corrected chi connectivity index (χ4v) is 4.64. The van der Waals surface area contributed by atoms with E-state index in [1.807, 2.05) is 13.8 Å². The van der Waals surface area contributed by atoms with Crippen molar-refractivity contribution in [3.8, 4) is 11.1 Å². The zero-order valence-electron chi connectivity index (χ0n) is 22.9. The molecule has 4 rings (SSSR count). The lowest BCUT2D eigenvalue weighted by atomic mass is 10.0. The van der Waals surface area contributed by atoms with Gasteiger partial charge in [-0.05, 0) is 55.5 Å². The van der Waals surface area contributed by atoms with Gasteiger partial charge in [-0.2, -0.15) is 17.7 Å². The summed E-state index contributed by atoms with van der Waals surface area (Å²) in [6.07, 6.45) is 5.24. The maximum atomic E-state index is 15.3. The second-order valence-electron chi connectivity index (χ2n) is 8.64. The first-order valence-electron chi connectivity index (χ1n) is 12.6. The van der Waals surface area contributed by atoms with E-state index in [1.54, 1.807) is 30.7 Å². The molecule has 218 valence electrons. The van der Waals surface area contributed by atoms with Gasteiger partial charge in [0.25, 0.3) is 0 Å². The molecule has 41 heavy (non-hydrogen) atoms. The first-order chi connectivity index (χ1) is 19.7. The number of hydrogen-bond acceptors (Lipinski definition) is 7. The predicted molar refractivity (Wildman–Crippen MR) is 158 cm³/mol. The number of benzene rings is 2. The highest BCUT2D eigenvalue weighted by Gasteiger charge is 2.27. The summed E-state index contributed by atoms with van der Waals surface area (Å²) >= 11 is 3.53. The summed E-state index contributed by atoms with van der Waals surface area (Å²) in [5.74, 6) is -4.08. The van der Waals surface area contributed by atoms with Crippen LogP contribution in [0.4, 0.5) is 14.5 Å². The smallest absolute Gasteiger partial charge is 0.335 e. The molecular weight excluding hydrogens is 574 g/mol. The molecule has 4 aromatic rings. The minimum absolute atomic E-state index is 0.111. The summed E-state index contributed by atoms with van der Waals surface area (Å²) < 4.78 is 50.7. The number of aromatic carboxylic acids is 1. The van der Waals surface area contributed by atoms with Gasteiger partial charge in [0.15, 0.2) is 17.7 Å². The Bertz CT molecular complexity index is 1570. The van der Waals surface area contributed by atoms with Gasteiger partial charge in [-0.3, -0.25) is 4.79 Å². The zero-order valence-corrected chi connectivity index (χ0v) is 24.6. The molecule has 2 aromatic carbocycles. The number of carboxylic acids is 1. The van der Waals surface area contributed by atoms with E-state index in [0.717, 1.165) is 18.6 Å². The summed E-state index contributed by atoms with van der Waals surface area (Å²) in [4.78, 5) is 29.4. The number of pyridine rings is 1. The largest absolute Gasteiger partial charge is 0.478 e. The monoisotopic (exact) mass is 604 g/mol. The molecule has 13 heteroatoms. The van der Waals surface area contributed by atoms with Crippen LogP contribution in [-0.4, -0.2) is 55.0 Å². The third-order valence-electron chi connectivity index (χ3n) is 5.98. The first-order valence-corrected chi connectivity index (χ1v) is 15.0. The molecule has 2 heterocycles. The topological polar surface area (TPSA) is 123 Å². The molecule has 0 bridgehead atoms. The van der Waals surface area contributed by atoms with Crippen LogP contribution in [-0.2, 0) is 15.7 Å². The third-order valence-corrected chi connectivity index (χ3v) is 6.47. The minimum Gasteiger partial charge on any atom is -0.478 e. The predicted octanol–water partition coefficient (Wildman–Crippen LogP) is 5.89. The number of carbonyl (C=O) groups excluding carboxylic acids is 1. The molecule has 0 saturated heterocycles. The number of halogens is 2. The van der Waals surface area contributed by atoms with Gasteiger partial charge in [-0.15, -0.1) is 0 Å². The lowest BCUT2D eigenvalue weighted by Crippen LogP contribution is -2.16. The van der Waals surface area contributed by atoms with E-state index in [4.69, 9.17) is 4.74 Å². The van der Waals surface area contributed by atoms with Crippen molar-refractivity contribution in [3.63, 3.8) is 0 Å². The van der Waals surface area contributed by atoms with Crippen LogP contribution in [0.5, 0.6) is 0 Å². The fraction of sp³-hybridized carbons (Fsp3) is 0.286. The van der Waals surface area contributed by atoms with Crippen LogP contribution in [0.15, 0.2) is 48.7 Å². The number of carboxylic acid groups (broad SMARTS) is 1. The first kappa shape index (κ1) is 31.8. The van der Waals surface area contributed by atoms with E-state index in [-0.39, 0.29) is 11.3 Å². The van der Waals surface area contributed by atoms with Gasteiger partial charge < -0.3 is 14.6 Å². The Morgan fingerprint density at radius 2 is 1.80 bits per heavy atom. The molecule has 2 N–H and O–H groups in total. The average Bonchev–Trinajstić information content (AvgIpc) is 3.34. The van der Waals surface area contributed by atoms with Gasteiger partial charge in [-0.1, -0.05) is 25.5 Å². The van der Waals surface area contributed by atoms with Crippen LogP contribution >= 0.6 is 12.6 Å². The van der Waals surface area contributed by atoms with Gasteiger partial charge in [0, 0.05) is 24.6 Å². The molecule has 0 spiro atoms. The Labute approximate surface area is 243 Å². The molecular formula is C28H30F2N4O5S2. The Morgan fingerprint density at radius 1 is 1.12 bits per heavy atom. The van der Waals surface area contributed by atoms with Crippen molar-refractivity contribution in [1.82, 2.24) is 14.8 Å². The molecule has 0 amide bonds. The number of aromatic nitrogens is 3. The number of anilines is 1. The van der Waals surface area contributed by atoms with Crippen molar-refractivity contribution in [1.29, 1.82) is 0 Å². The van der Waals surface area contributed by atoms with Crippen LogP contribution in [0.1, 0.15) is 59.3 Å². The van der Waals surface area contributed by atoms with E-state index < -0.39 is 51.9 Å². The lowest BCUT2D eigenvalue weighted by Gasteiger charge is -2.17. The van der Waals surface area contributed by atoms with Crippen molar-refractivity contribution in [2.45, 2.75) is 32.9 Å². The summed E-state index contributed by atoms with van der Waals surface area (Å²) in [6.45, 7) is 4.17. The van der Waals surface area contributed by atoms with Crippen molar-refractivity contribution in [2.75, 3.05) is 23.8 Å². The normalized spacial score (nSPS) is 12.4. The molecule has 0 radical (unpaired) electrons. The number of rotatable bonds is 11. The number of ketones is 1. The van der Waals surface area contributed by atoms with Crippen molar-refractivity contribution in [2.24, 2.45) is 0 Å². The molecule has 2 unspecified atom stereocenters. The molecule has 2 atom stereocenters. The van der Waals surface area contributed by atoms with Gasteiger partial charge in [0.2, 0.25) is 5.78 Å². The Morgan fingerprint density at radius 3 is 2.39 bits per heavy atom. The zero-order chi connectivity index (χ0) is 30.3. The summed E-state index contributed by atoms with van der Waals surface area (Å²) in [6, 6.07) is 9.70. The van der Waals surface area contributed by atoms with Crippen molar-refractivity contribution >= 4 is 52.1 Å². The maximum absolute atomic E-state index is 15.3. The van der Waals surface area contributed by atoms with Crippen LogP contribution in [0.25, 0.3) is 22.2 Å². The molecule has 0 fully saturated rings. The molecule has 0 aliphatic heterocycles. The van der Waals surface area contributed by atoms with Crippen LogP contribution in [0.2, 0.25) is 0 Å². The maximum Gasteiger partial charge on any atom is 0.335 e. The summed E-state index contributed by atoms with van der Waals surface area (Å²) in [5.41, 5.74) is 0.375. The van der Waals surface area contributed by atoms with E-state index >= 15 is 4.39 Å². The van der Waals surface area contributed by atoms with Crippen molar-refractivity contribution < 1.29 is 32.4 Å². The standard InChI is InChI=1S/C27H26F2N4O5S.CH4S/c1-4-6-21(38-5-2)33-26-19(13-17(14-30-26)15-7-9-16(10-8-15)27(35)36)23(31-33)25(34)18-11-12-20(28)24(22(18)29)32-39(3)37;1-2/h7-14,21,32H,4-6H2,1-3H3,(H,35,36);2H,1H3. The number of fused-ring (bicyclic) bond motifs is 1. The molecule has 0 aliphatic carbocycles. The van der Waals surface area contributed by atoms with E-state index in [9.17, 15) is 23.3 Å². The molecule has 0 aliphatic rings. The number of thiol groups is 1. The molecule has 0 saturated carbocycles. The Hall–Kier alpha value is -3.68. The number of nitrogens with one attached hydrogen (secondary N) is 1. The average molecular weight is 605 g/mol. The van der Waals surface area contributed by atoms with Crippen molar-refractivity contribution in [3.05, 3.63) is 77.1 Å². The highest BCUT2D eigenvalue weighted by molar-refractivity contribution is 7.85. The second-order valence-corrected chi connectivity index (χ2v) is 9.75. The summed E-state index contributed by atoms with van der Waals surface area (Å²) in [7, 11) is -1.79. The minimum atomic E-state index is -1.79. The van der Waals surface area contributed by atoms with Crippen LogP contribution < -0.4 is 4.72 Å².